The number of anilines is 1. The van der Waals surface area contributed by atoms with Gasteiger partial charge in [0.2, 0.25) is 5.88 Å². The number of carbonyl (C=O) groups excluding carboxylic acids is 1. The minimum atomic E-state index is -0.945. The highest BCUT2D eigenvalue weighted by atomic mass is 16.7. The molecule has 2 heterocycles. The molecule has 4 rings (SSSR count). The molecule has 1 saturated carbocycles. The lowest BCUT2D eigenvalue weighted by molar-refractivity contribution is -0.113. The Balaban J connectivity index is 1.63. The highest BCUT2D eigenvalue weighted by molar-refractivity contribution is 6.00. The van der Waals surface area contributed by atoms with Gasteiger partial charge in [0, 0.05) is 12.0 Å². The zero-order chi connectivity index (χ0) is 23.4. The molecule has 2 fully saturated rings. The summed E-state index contributed by atoms with van der Waals surface area (Å²) in [6, 6.07) is 8.67. The summed E-state index contributed by atoms with van der Waals surface area (Å²) in [6.45, 7) is 0.0695. The van der Waals surface area contributed by atoms with Crippen molar-refractivity contribution >= 4 is 11.7 Å². The van der Waals surface area contributed by atoms with Crippen LogP contribution in [0.15, 0.2) is 24.3 Å². The van der Waals surface area contributed by atoms with Crippen molar-refractivity contribution in [2.45, 2.75) is 43.5 Å². The second-order valence-electron chi connectivity index (χ2n) is 8.14. The summed E-state index contributed by atoms with van der Waals surface area (Å²) in [4.78, 5) is 26.7. The van der Waals surface area contributed by atoms with Gasteiger partial charge in [-0.25, -0.2) is 10.5 Å². The Kier molecular flexibility index (Phi) is 6.71. The average molecular weight is 455 g/mol. The average Bonchev–Trinajstić information content (AvgIpc) is 3.24. The van der Waals surface area contributed by atoms with Crippen molar-refractivity contribution in [3.05, 3.63) is 35.4 Å². The highest BCUT2D eigenvalue weighted by Gasteiger charge is 2.36. The molecule has 1 aliphatic carbocycles. The number of carbonyl (C=O) groups is 1. The molecule has 174 valence electrons. The zero-order valence-electron chi connectivity index (χ0n) is 17.9. The van der Waals surface area contributed by atoms with Crippen LogP contribution in [0.3, 0.4) is 0 Å². The van der Waals surface area contributed by atoms with Crippen LogP contribution >= 0.6 is 0 Å². The van der Waals surface area contributed by atoms with E-state index in [9.17, 15) is 20.3 Å². The molecule has 33 heavy (non-hydrogen) atoms. The molecule has 0 spiro atoms. The Morgan fingerprint density at radius 2 is 2.21 bits per heavy atom. The maximum atomic E-state index is 12.9. The molecule has 11 nitrogen and oxygen atoms in total. The quantitative estimate of drug-likeness (QED) is 0.415. The Bertz CT molecular complexity index is 1070. The van der Waals surface area contributed by atoms with Gasteiger partial charge in [0.15, 0.2) is 5.82 Å². The summed E-state index contributed by atoms with van der Waals surface area (Å²) in [6.07, 6.45) is 1.46. The van der Waals surface area contributed by atoms with Crippen LogP contribution in [0.1, 0.15) is 41.6 Å². The van der Waals surface area contributed by atoms with Crippen LogP contribution in [0, 0.1) is 11.3 Å². The number of nitrogen functional groups attached to an aromatic ring is 1. The molecule has 0 bridgehead atoms. The van der Waals surface area contributed by atoms with Crippen LogP contribution in [0.2, 0.25) is 0 Å². The molecule has 1 aliphatic heterocycles. The van der Waals surface area contributed by atoms with Crippen LogP contribution in [0.25, 0.3) is 11.4 Å². The Labute approximate surface area is 190 Å². The summed E-state index contributed by atoms with van der Waals surface area (Å²) in [7, 11) is 0. The van der Waals surface area contributed by atoms with Crippen LogP contribution in [0.5, 0.6) is 5.88 Å². The summed E-state index contributed by atoms with van der Waals surface area (Å²) >= 11 is 0. The van der Waals surface area contributed by atoms with E-state index in [0.29, 0.717) is 37.0 Å². The van der Waals surface area contributed by atoms with Crippen molar-refractivity contribution in [2.24, 2.45) is 0 Å². The lowest BCUT2D eigenvalue weighted by Gasteiger charge is -2.35. The first-order chi connectivity index (χ1) is 15.9. The summed E-state index contributed by atoms with van der Waals surface area (Å²) < 4.78 is 11.4. The fourth-order valence-electron chi connectivity index (χ4n) is 3.71. The number of nitrogens with zero attached hydrogens (tertiary/aromatic N) is 3. The third-order valence-electron chi connectivity index (χ3n) is 5.76. The molecule has 1 aromatic carbocycles. The first kappa shape index (κ1) is 22.9. The van der Waals surface area contributed by atoms with E-state index in [4.69, 9.17) is 20.0 Å². The number of hydroxylamine groups is 1. The first-order valence-corrected chi connectivity index (χ1v) is 10.6. The van der Waals surface area contributed by atoms with Gasteiger partial charge in [-0.3, -0.25) is 9.63 Å². The Morgan fingerprint density at radius 1 is 1.39 bits per heavy atom. The number of nitrogens with two attached hydrogens (primary N) is 1. The number of ether oxygens (including phenoxy) is 2. The number of aliphatic hydroxyl groups excluding tert-OH is 1. The lowest BCUT2D eigenvalue weighted by Crippen LogP contribution is -2.44. The van der Waals surface area contributed by atoms with E-state index in [-0.39, 0.29) is 36.3 Å². The standard InChI is InChI=1S/C22H25N5O6/c23-10-13-3-1-4-14(9-13)19-25-18(24)17(20(29)27-32-12-22(30)6-2-7-22)21(26-19)33-15-5-8-31-16(15)11-28/h1,3-4,9,15-16,28,30H,2,5-8,11-12H2,(H,27,29)(H2,24,25,26)/t15-,16+/m1/s1. The second kappa shape index (κ2) is 9.68. The molecular weight excluding hydrogens is 430 g/mol. The highest BCUT2D eigenvalue weighted by Crippen LogP contribution is 2.32. The third kappa shape index (κ3) is 5.04. The number of nitrogens with one attached hydrogen (secondary N) is 1. The fraction of sp³-hybridized carbons (Fsp3) is 0.455. The fourth-order valence-corrected chi connectivity index (χ4v) is 3.71. The number of hydrogen-bond donors (Lipinski definition) is 4. The topological polar surface area (TPSA) is 173 Å². The number of hydrogen-bond acceptors (Lipinski definition) is 10. The molecule has 0 radical (unpaired) electrons. The summed E-state index contributed by atoms with van der Waals surface area (Å²) in [5.41, 5.74) is 8.23. The van der Waals surface area contributed by atoms with Crippen molar-refractivity contribution in [2.75, 3.05) is 25.6 Å². The predicted molar refractivity (Wildman–Crippen MR) is 115 cm³/mol. The van der Waals surface area contributed by atoms with Gasteiger partial charge in [0.05, 0.1) is 30.4 Å². The second-order valence-corrected chi connectivity index (χ2v) is 8.14. The van der Waals surface area contributed by atoms with Crippen molar-refractivity contribution in [1.29, 1.82) is 5.26 Å². The van der Waals surface area contributed by atoms with Crippen LogP contribution in [-0.4, -0.2) is 63.7 Å². The third-order valence-corrected chi connectivity index (χ3v) is 5.76. The predicted octanol–water partition coefficient (Wildman–Crippen LogP) is 0.702. The van der Waals surface area contributed by atoms with Gasteiger partial charge in [0.25, 0.3) is 5.91 Å². The van der Waals surface area contributed by atoms with E-state index >= 15 is 0 Å². The van der Waals surface area contributed by atoms with E-state index in [1.807, 2.05) is 6.07 Å². The van der Waals surface area contributed by atoms with E-state index in [0.717, 1.165) is 6.42 Å². The number of benzene rings is 1. The normalized spacial score (nSPS) is 21.1. The maximum absolute atomic E-state index is 12.9. The SMILES string of the molecule is N#Cc1cccc(-c2nc(N)c(C(=O)NOCC3(O)CCC3)c(O[C@@H]3CCO[C@H]3CO)n2)c1. The van der Waals surface area contributed by atoms with E-state index < -0.39 is 23.7 Å². The number of rotatable bonds is 8. The summed E-state index contributed by atoms with van der Waals surface area (Å²) in [5, 5.41) is 28.9. The van der Waals surface area contributed by atoms with Crippen molar-refractivity contribution in [3.63, 3.8) is 0 Å². The van der Waals surface area contributed by atoms with E-state index in [1.165, 1.54) is 0 Å². The molecule has 0 unspecified atom stereocenters. The van der Waals surface area contributed by atoms with Crippen LogP contribution in [-0.2, 0) is 9.57 Å². The van der Waals surface area contributed by atoms with Gasteiger partial charge < -0.3 is 25.4 Å². The van der Waals surface area contributed by atoms with Crippen molar-refractivity contribution < 1.29 is 29.3 Å². The molecule has 1 aromatic heterocycles. The van der Waals surface area contributed by atoms with E-state index in [2.05, 4.69) is 15.4 Å². The first-order valence-electron chi connectivity index (χ1n) is 10.6. The maximum Gasteiger partial charge on any atom is 0.284 e. The van der Waals surface area contributed by atoms with Crippen molar-refractivity contribution in [1.82, 2.24) is 15.4 Å². The van der Waals surface area contributed by atoms with E-state index in [1.54, 1.807) is 24.3 Å². The lowest BCUT2D eigenvalue weighted by atomic mass is 9.81. The Morgan fingerprint density at radius 3 is 2.91 bits per heavy atom. The molecule has 2 atom stereocenters. The van der Waals surface area contributed by atoms with Crippen LogP contribution < -0.4 is 16.0 Å². The Hall–Kier alpha value is -3.30. The smallest absolute Gasteiger partial charge is 0.284 e. The summed E-state index contributed by atoms with van der Waals surface area (Å²) in [5.74, 6) is -0.819. The minimum absolute atomic E-state index is 0.0578. The number of aliphatic hydroxyl groups is 2. The monoisotopic (exact) mass is 455 g/mol. The number of nitriles is 1. The zero-order valence-corrected chi connectivity index (χ0v) is 17.9. The number of aromatic nitrogens is 2. The van der Waals surface area contributed by atoms with Gasteiger partial charge in [-0.15, -0.1) is 0 Å². The van der Waals surface area contributed by atoms with Gasteiger partial charge in [-0.05, 0) is 31.4 Å². The molecule has 2 aliphatic rings. The van der Waals surface area contributed by atoms with Gasteiger partial charge in [-0.1, -0.05) is 12.1 Å². The van der Waals surface area contributed by atoms with Gasteiger partial charge >= 0.3 is 0 Å². The molecule has 5 N–H and O–H groups in total. The molecule has 1 amide bonds. The van der Waals surface area contributed by atoms with Gasteiger partial charge in [-0.2, -0.15) is 10.2 Å². The molecular formula is C22H25N5O6. The molecule has 2 aromatic rings. The van der Waals surface area contributed by atoms with Gasteiger partial charge in [0.1, 0.15) is 30.2 Å². The molecule has 1 saturated heterocycles. The number of amides is 1. The molecule has 11 heteroatoms. The van der Waals surface area contributed by atoms with Crippen molar-refractivity contribution in [3.8, 4) is 23.3 Å². The minimum Gasteiger partial charge on any atom is -0.471 e. The van der Waals surface area contributed by atoms with Crippen LogP contribution in [0.4, 0.5) is 5.82 Å². The largest absolute Gasteiger partial charge is 0.471 e.